The number of carbonyl (C=O) groups is 1. The molecule has 1 amide bonds. The van der Waals surface area contributed by atoms with Crippen molar-refractivity contribution in [2.24, 2.45) is 0 Å². The van der Waals surface area contributed by atoms with E-state index in [9.17, 15) is 32.9 Å². The van der Waals surface area contributed by atoms with Gasteiger partial charge in [0.15, 0.2) is 0 Å². The summed E-state index contributed by atoms with van der Waals surface area (Å²) in [5, 5.41) is 10.6. The number of halogens is 4. The van der Waals surface area contributed by atoms with Gasteiger partial charge in [0.1, 0.15) is 17.3 Å². The molecular formula is C18H16ClF3N4O4. The maximum Gasteiger partial charge on any atom is 0.417 e. The summed E-state index contributed by atoms with van der Waals surface area (Å²) in [6.45, 7) is 0.413. The van der Waals surface area contributed by atoms with Gasteiger partial charge >= 0.3 is 6.18 Å². The zero-order valence-electron chi connectivity index (χ0n) is 15.4. The van der Waals surface area contributed by atoms with Crippen LogP contribution >= 0.6 is 11.6 Å². The van der Waals surface area contributed by atoms with Crippen molar-refractivity contribution in [1.82, 2.24) is 9.47 Å². The van der Waals surface area contributed by atoms with Crippen molar-refractivity contribution in [2.45, 2.75) is 12.7 Å². The quantitative estimate of drug-likeness (QED) is 0.534. The largest absolute Gasteiger partial charge is 0.417 e. The van der Waals surface area contributed by atoms with Crippen LogP contribution in [-0.4, -0.2) is 46.5 Å². The summed E-state index contributed by atoms with van der Waals surface area (Å²) in [7, 11) is 0. The van der Waals surface area contributed by atoms with Crippen LogP contribution in [0.2, 0.25) is 5.02 Å². The maximum atomic E-state index is 12.9. The van der Waals surface area contributed by atoms with Crippen molar-refractivity contribution >= 4 is 28.9 Å². The highest BCUT2D eigenvalue weighted by atomic mass is 35.5. The number of alkyl halides is 3. The molecule has 0 radical (unpaired) electrons. The van der Waals surface area contributed by atoms with Gasteiger partial charge in [-0.3, -0.25) is 19.7 Å². The Bertz CT molecular complexity index is 1030. The molecule has 30 heavy (non-hydrogen) atoms. The third-order valence-electron chi connectivity index (χ3n) is 4.73. The van der Waals surface area contributed by atoms with Gasteiger partial charge in [0.05, 0.1) is 10.5 Å². The van der Waals surface area contributed by atoms with Gasteiger partial charge in [0, 0.05) is 38.4 Å². The number of anilines is 1. The number of benzene rings is 1. The highest BCUT2D eigenvalue weighted by Crippen LogP contribution is 2.30. The third kappa shape index (κ3) is 4.56. The fourth-order valence-corrected chi connectivity index (χ4v) is 3.43. The van der Waals surface area contributed by atoms with E-state index in [1.807, 2.05) is 0 Å². The second-order valence-electron chi connectivity index (χ2n) is 6.62. The third-order valence-corrected chi connectivity index (χ3v) is 5.00. The predicted molar refractivity (Wildman–Crippen MR) is 103 cm³/mol. The zero-order chi connectivity index (χ0) is 22.1. The van der Waals surface area contributed by atoms with Gasteiger partial charge < -0.3 is 14.4 Å². The number of amides is 1. The van der Waals surface area contributed by atoms with Crippen LogP contribution in [0, 0.1) is 10.1 Å². The Morgan fingerprint density at radius 3 is 2.40 bits per heavy atom. The smallest absolute Gasteiger partial charge is 0.362 e. The number of aromatic nitrogens is 1. The molecule has 8 nitrogen and oxygen atoms in total. The summed E-state index contributed by atoms with van der Waals surface area (Å²) in [5.41, 5.74) is -1.64. The van der Waals surface area contributed by atoms with Crippen LogP contribution in [0.5, 0.6) is 0 Å². The molecule has 1 aromatic carbocycles. The monoisotopic (exact) mass is 444 g/mol. The highest BCUT2D eigenvalue weighted by Gasteiger charge is 2.32. The molecule has 1 aliphatic rings. The molecule has 0 aliphatic carbocycles. The van der Waals surface area contributed by atoms with Crippen LogP contribution in [0.25, 0.3) is 0 Å². The standard InChI is InChI=1S/C18H16ClF3N4O4/c19-13-9-12(18(20,21)22)10-25(17(13)28)11-16(27)24-7-5-23(6-8-24)14-3-1-2-4-15(14)26(29)30/h1-4,9-10H,5-8,11H2. The van der Waals surface area contributed by atoms with Crippen LogP contribution in [0.1, 0.15) is 5.56 Å². The Hall–Kier alpha value is -3.08. The number of nitrogens with zero attached hydrogens (tertiary/aromatic N) is 4. The molecule has 12 heteroatoms. The van der Waals surface area contributed by atoms with Crippen LogP contribution in [0.3, 0.4) is 0 Å². The molecule has 0 saturated carbocycles. The minimum Gasteiger partial charge on any atom is -0.362 e. The minimum atomic E-state index is -4.71. The molecule has 2 heterocycles. The molecule has 1 aromatic heterocycles. The number of hydrogen-bond acceptors (Lipinski definition) is 5. The van der Waals surface area contributed by atoms with E-state index in [4.69, 9.17) is 11.6 Å². The first kappa shape index (κ1) is 21.6. The lowest BCUT2D eigenvalue weighted by Crippen LogP contribution is -2.50. The highest BCUT2D eigenvalue weighted by molar-refractivity contribution is 6.30. The molecule has 1 saturated heterocycles. The normalized spacial score (nSPS) is 14.7. The topological polar surface area (TPSA) is 88.7 Å². The van der Waals surface area contributed by atoms with E-state index in [1.54, 1.807) is 23.1 Å². The van der Waals surface area contributed by atoms with E-state index in [-0.39, 0.29) is 18.8 Å². The van der Waals surface area contributed by atoms with Crippen molar-refractivity contribution < 1.29 is 22.9 Å². The number of para-hydroxylation sites is 2. The van der Waals surface area contributed by atoms with Crippen LogP contribution in [0.4, 0.5) is 24.5 Å². The second kappa shape index (κ2) is 8.34. The van der Waals surface area contributed by atoms with E-state index >= 15 is 0 Å². The van der Waals surface area contributed by atoms with Gasteiger partial charge in [-0.05, 0) is 12.1 Å². The number of rotatable bonds is 4. The fourth-order valence-electron chi connectivity index (χ4n) is 3.20. The molecule has 0 unspecified atom stereocenters. The summed E-state index contributed by atoms with van der Waals surface area (Å²) >= 11 is 5.60. The first-order chi connectivity index (χ1) is 14.1. The summed E-state index contributed by atoms with van der Waals surface area (Å²) < 4.78 is 39.5. The van der Waals surface area contributed by atoms with Crippen molar-refractivity contribution in [1.29, 1.82) is 0 Å². The lowest BCUT2D eigenvalue weighted by Gasteiger charge is -2.35. The first-order valence-corrected chi connectivity index (χ1v) is 9.19. The molecule has 160 valence electrons. The van der Waals surface area contributed by atoms with Gasteiger partial charge in [-0.1, -0.05) is 23.7 Å². The summed E-state index contributed by atoms with van der Waals surface area (Å²) in [5.74, 6) is -0.547. The molecule has 0 spiro atoms. The van der Waals surface area contributed by atoms with Crippen LogP contribution in [0.15, 0.2) is 41.3 Å². The van der Waals surface area contributed by atoms with Gasteiger partial charge in [0.25, 0.3) is 11.2 Å². The van der Waals surface area contributed by atoms with Crippen molar-refractivity contribution in [2.75, 3.05) is 31.1 Å². The maximum absolute atomic E-state index is 12.9. The SMILES string of the molecule is O=C(Cn1cc(C(F)(F)F)cc(Cl)c1=O)N1CCN(c2ccccc2[N+](=O)[O-])CC1. The van der Waals surface area contributed by atoms with Crippen molar-refractivity contribution in [3.8, 4) is 0 Å². The Labute approximate surface area is 173 Å². The molecule has 0 atom stereocenters. The summed E-state index contributed by atoms with van der Waals surface area (Å²) in [6, 6.07) is 6.75. The molecule has 0 bridgehead atoms. The van der Waals surface area contributed by atoms with Gasteiger partial charge in [0.2, 0.25) is 5.91 Å². The van der Waals surface area contributed by atoms with E-state index in [1.165, 1.54) is 11.0 Å². The molecule has 1 aliphatic heterocycles. The van der Waals surface area contributed by atoms with Crippen molar-refractivity contribution in [3.05, 3.63) is 67.6 Å². The average molecular weight is 445 g/mol. The molecule has 1 fully saturated rings. The van der Waals surface area contributed by atoms with Gasteiger partial charge in [-0.2, -0.15) is 13.2 Å². The Morgan fingerprint density at radius 1 is 1.17 bits per heavy atom. The lowest BCUT2D eigenvalue weighted by molar-refractivity contribution is -0.384. The van der Waals surface area contributed by atoms with E-state index < -0.39 is 39.7 Å². The Morgan fingerprint density at radius 2 is 1.80 bits per heavy atom. The number of nitro benzene ring substituents is 1. The number of nitro groups is 1. The lowest BCUT2D eigenvalue weighted by atomic mass is 10.2. The van der Waals surface area contributed by atoms with E-state index in [2.05, 4.69) is 0 Å². The molecule has 2 aromatic rings. The Kier molecular flexibility index (Phi) is 6.01. The Balaban J connectivity index is 1.71. The predicted octanol–water partition coefficient (Wildman–Crippen LogP) is 2.78. The number of hydrogen-bond donors (Lipinski definition) is 0. The van der Waals surface area contributed by atoms with Gasteiger partial charge in [-0.25, -0.2) is 0 Å². The average Bonchev–Trinajstić information content (AvgIpc) is 2.70. The number of pyridine rings is 1. The number of carbonyl (C=O) groups excluding carboxylic acids is 1. The summed E-state index contributed by atoms with van der Waals surface area (Å²) in [6.07, 6.45) is -4.14. The summed E-state index contributed by atoms with van der Waals surface area (Å²) in [4.78, 5) is 38.4. The van der Waals surface area contributed by atoms with Crippen LogP contribution < -0.4 is 10.5 Å². The zero-order valence-corrected chi connectivity index (χ0v) is 16.2. The molecule has 3 rings (SSSR count). The molecular weight excluding hydrogens is 429 g/mol. The fraction of sp³-hybridized carbons (Fsp3) is 0.333. The second-order valence-corrected chi connectivity index (χ2v) is 7.03. The van der Waals surface area contributed by atoms with Crippen LogP contribution in [-0.2, 0) is 17.5 Å². The minimum absolute atomic E-state index is 0.0533. The molecule has 0 N–H and O–H groups in total. The van der Waals surface area contributed by atoms with Crippen molar-refractivity contribution in [3.63, 3.8) is 0 Å². The van der Waals surface area contributed by atoms with E-state index in [0.29, 0.717) is 35.6 Å². The van der Waals surface area contributed by atoms with E-state index in [0.717, 1.165) is 0 Å². The first-order valence-electron chi connectivity index (χ1n) is 8.81. The van der Waals surface area contributed by atoms with Gasteiger partial charge in [-0.15, -0.1) is 0 Å². The number of piperazine rings is 1.